The Hall–Kier alpha value is -3.07. The van der Waals surface area contributed by atoms with Gasteiger partial charge in [0.05, 0.1) is 12.1 Å². The highest BCUT2D eigenvalue weighted by atomic mass is 32.1. The van der Waals surface area contributed by atoms with Crippen LogP contribution in [0.4, 0.5) is 5.13 Å². The van der Waals surface area contributed by atoms with Crippen molar-refractivity contribution in [3.05, 3.63) is 47.3 Å². The van der Waals surface area contributed by atoms with Gasteiger partial charge in [-0.2, -0.15) is 0 Å². The monoisotopic (exact) mass is 384 g/mol. The summed E-state index contributed by atoms with van der Waals surface area (Å²) in [7, 11) is 0. The number of thiazole rings is 1. The second-order valence-corrected chi connectivity index (χ2v) is 6.81. The van der Waals surface area contributed by atoms with Gasteiger partial charge in [0.1, 0.15) is 0 Å². The first-order chi connectivity index (χ1) is 13.2. The molecule has 0 saturated carbocycles. The summed E-state index contributed by atoms with van der Waals surface area (Å²) in [4.78, 5) is 29.8. The smallest absolute Gasteiger partial charge is 0.312 e. The Labute approximate surface area is 158 Å². The molecule has 8 nitrogen and oxygen atoms in total. The number of aromatic nitrogens is 3. The molecule has 4 rings (SSSR count). The summed E-state index contributed by atoms with van der Waals surface area (Å²) in [6.45, 7) is 0.581. The quantitative estimate of drug-likeness (QED) is 0.602. The number of hydrogen-bond donors (Lipinski definition) is 0. The highest BCUT2D eigenvalue weighted by Crippen LogP contribution is 2.25. The molecular formula is C18H16N4O4S. The van der Waals surface area contributed by atoms with Gasteiger partial charge in [0.2, 0.25) is 11.8 Å². The highest BCUT2D eigenvalue weighted by Gasteiger charge is 2.24. The fourth-order valence-electron chi connectivity index (χ4n) is 2.70. The number of amides is 1. The van der Waals surface area contributed by atoms with Crippen LogP contribution < -0.4 is 4.90 Å². The van der Waals surface area contributed by atoms with Crippen LogP contribution in [0.15, 0.2) is 40.1 Å². The summed E-state index contributed by atoms with van der Waals surface area (Å²) in [6, 6.07) is 9.35. The van der Waals surface area contributed by atoms with Crippen molar-refractivity contribution in [1.29, 1.82) is 0 Å². The van der Waals surface area contributed by atoms with Gasteiger partial charge >= 0.3 is 5.97 Å². The van der Waals surface area contributed by atoms with Crippen molar-refractivity contribution in [3.8, 4) is 11.5 Å². The van der Waals surface area contributed by atoms with E-state index in [1.807, 2.05) is 30.3 Å². The molecule has 1 amide bonds. The van der Waals surface area contributed by atoms with E-state index >= 15 is 0 Å². The molecule has 0 radical (unpaired) electrons. The summed E-state index contributed by atoms with van der Waals surface area (Å²) in [5.74, 6) is 0.230. The van der Waals surface area contributed by atoms with Crippen LogP contribution in [0.3, 0.4) is 0 Å². The van der Waals surface area contributed by atoms with E-state index in [1.165, 1.54) is 11.3 Å². The van der Waals surface area contributed by atoms with Gasteiger partial charge < -0.3 is 9.15 Å². The molecule has 9 heteroatoms. The standard InChI is InChI=1S/C18H16N4O4S/c23-15-7-4-8-22(15)18-19-13(11-27-18)9-16(24)25-10-14-20-21-17(26-14)12-5-2-1-3-6-12/h1-3,5-6,11H,4,7-10H2. The summed E-state index contributed by atoms with van der Waals surface area (Å²) in [6.07, 6.45) is 1.41. The average molecular weight is 384 g/mol. The molecule has 3 aromatic rings. The number of carbonyl (C=O) groups excluding carboxylic acids is 2. The molecule has 2 aromatic heterocycles. The Morgan fingerprint density at radius 3 is 2.89 bits per heavy atom. The second-order valence-electron chi connectivity index (χ2n) is 5.97. The SMILES string of the molecule is O=C(Cc1csc(N2CCCC2=O)n1)OCc1nnc(-c2ccccc2)o1. The predicted molar refractivity (Wildman–Crippen MR) is 96.9 cm³/mol. The van der Waals surface area contributed by atoms with Gasteiger partial charge in [-0.3, -0.25) is 14.5 Å². The predicted octanol–water partition coefficient (Wildman–Crippen LogP) is 2.61. The van der Waals surface area contributed by atoms with E-state index in [9.17, 15) is 9.59 Å². The van der Waals surface area contributed by atoms with Crippen molar-refractivity contribution < 1.29 is 18.7 Å². The van der Waals surface area contributed by atoms with Crippen molar-refractivity contribution in [2.45, 2.75) is 25.9 Å². The number of rotatable bonds is 6. The maximum absolute atomic E-state index is 12.0. The van der Waals surface area contributed by atoms with Gasteiger partial charge in [0.15, 0.2) is 11.7 Å². The van der Waals surface area contributed by atoms with Crippen LogP contribution in [-0.2, 0) is 27.4 Å². The fourth-order valence-corrected chi connectivity index (χ4v) is 3.57. The third-order valence-electron chi connectivity index (χ3n) is 4.01. The lowest BCUT2D eigenvalue weighted by atomic mass is 10.2. The number of benzene rings is 1. The van der Waals surface area contributed by atoms with E-state index in [0.717, 1.165) is 12.0 Å². The van der Waals surface area contributed by atoms with Crippen molar-refractivity contribution in [2.75, 3.05) is 11.4 Å². The molecule has 138 valence electrons. The first-order valence-electron chi connectivity index (χ1n) is 8.47. The third-order valence-corrected chi connectivity index (χ3v) is 4.93. The van der Waals surface area contributed by atoms with Crippen LogP contribution in [0, 0.1) is 0 Å². The lowest BCUT2D eigenvalue weighted by molar-refractivity contribution is -0.144. The molecule has 1 saturated heterocycles. The number of hydrogen-bond acceptors (Lipinski definition) is 8. The highest BCUT2D eigenvalue weighted by molar-refractivity contribution is 7.14. The molecule has 0 atom stereocenters. The third kappa shape index (κ3) is 4.03. The molecule has 1 aliphatic heterocycles. The van der Waals surface area contributed by atoms with E-state index in [0.29, 0.717) is 29.7 Å². The maximum atomic E-state index is 12.0. The Morgan fingerprint density at radius 2 is 2.11 bits per heavy atom. The Bertz CT molecular complexity index is 953. The van der Waals surface area contributed by atoms with E-state index in [-0.39, 0.29) is 24.8 Å². The van der Waals surface area contributed by atoms with Crippen molar-refractivity contribution in [3.63, 3.8) is 0 Å². The van der Waals surface area contributed by atoms with Gasteiger partial charge in [-0.1, -0.05) is 18.2 Å². The van der Waals surface area contributed by atoms with E-state index in [1.54, 1.807) is 10.3 Å². The largest absolute Gasteiger partial charge is 0.455 e. The number of anilines is 1. The zero-order valence-corrected chi connectivity index (χ0v) is 15.1. The summed E-state index contributed by atoms with van der Waals surface area (Å²) in [5, 5.41) is 10.2. The van der Waals surface area contributed by atoms with E-state index < -0.39 is 5.97 Å². The van der Waals surface area contributed by atoms with Crippen LogP contribution in [0.5, 0.6) is 0 Å². The van der Waals surface area contributed by atoms with Crippen LogP contribution in [0.25, 0.3) is 11.5 Å². The first-order valence-corrected chi connectivity index (χ1v) is 9.35. The van der Waals surface area contributed by atoms with Crippen LogP contribution >= 0.6 is 11.3 Å². The molecular weight excluding hydrogens is 368 g/mol. The molecule has 1 fully saturated rings. The molecule has 0 aliphatic carbocycles. The lowest BCUT2D eigenvalue weighted by Gasteiger charge is -2.10. The Morgan fingerprint density at radius 1 is 1.26 bits per heavy atom. The van der Waals surface area contributed by atoms with Gasteiger partial charge in [0.25, 0.3) is 5.89 Å². The van der Waals surface area contributed by atoms with Crippen LogP contribution in [0.1, 0.15) is 24.4 Å². The molecule has 27 heavy (non-hydrogen) atoms. The number of ether oxygens (including phenoxy) is 1. The molecule has 1 aromatic carbocycles. The van der Waals surface area contributed by atoms with Crippen LogP contribution in [0.2, 0.25) is 0 Å². The van der Waals surface area contributed by atoms with Gasteiger partial charge in [0, 0.05) is 23.9 Å². The zero-order chi connectivity index (χ0) is 18.6. The molecule has 3 heterocycles. The molecule has 0 bridgehead atoms. The van der Waals surface area contributed by atoms with Crippen molar-refractivity contribution in [2.24, 2.45) is 0 Å². The molecule has 1 aliphatic rings. The van der Waals surface area contributed by atoms with Gasteiger partial charge in [-0.15, -0.1) is 21.5 Å². The molecule has 0 N–H and O–H groups in total. The second kappa shape index (κ2) is 7.67. The van der Waals surface area contributed by atoms with Crippen LogP contribution in [-0.4, -0.2) is 33.6 Å². The Kier molecular flexibility index (Phi) is 4.93. The van der Waals surface area contributed by atoms with Crippen molar-refractivity contribution >= 4 is 28.3 Å². The fraction of sp³-hybridized carbons (Fsp3) is 0.278. The van der Waals surface area contributed by atoms with E-state index in [4.69, 9.17) is 9.15 Å². The normalized spacial score (nSPS) is 13.9. The Balaban J connectivity index is 1.31. The topological polar surface area (TPSA) is 98.4 Å². The summed E-state index contributed by atoms with van der Waals surface area (Å²) >= 11 is 1.35. The average Bonchev–Trinajstić information content (AvgIpc) is 3.41. The minimum Gasteiger partial charge on any atom is -0.455 e. The number of nitrogens with zero attached hydrogens (tertiary/aromatic N) is 4. The minimum absolute atomic E-state index is 0.0260. The summed E-state index contributed by atoms with van der Waals surface area (Å²) in [5.41, 5.74) is 1.38. The molecule has 0 spiro atoms. The molecule has 0 unspecified atom stereocenters. The van der Waals surface area contributed by atoms with Gasteiger partial charge in [-0.05, 0) is 18.6 Å². The van der Waals surface area contributed by atoms with Gasteiger partial charge in [-0.25, -0.2) is 4.98 Å². The maximum Gasteiger partial charge on any atom is 0.312 e. The minimum atomic E-state index is -0.445. The number of carbonyl (C=O) groups is 2. The number of esters is 1. The lowest BCUT2D eigenvalue weighted by Crippen LogP contribution is -2.23. The first kappa shape index (κ1) is 17.3. The summed E-state index contributed by atoms with van der Waals surface area (Å²) < 4.78 is 10.7. The van der Waals surface area contributed by atoms with E-state index in [2.05, 4.69) is 15.2 Å². The van der Waals surface area contributed by atoms with Crippen molar-refractivity contribution in [1.82, 2.24) is 15.2 Å². The zero-order valence-electron chi connectivity index (χ0n) is 14.3.